The predicted molar refractivity (Wildman–Crippen MR) is 48.0 cm³/mol. The average Bonchev–Trinajstić information content (AvgIpc) is 2.33. The van der Waals surface area contributed by atoms with Crippen molar-refractivity contribution in [2.75, 3.05) is 0 Å². The van der Waals surface area contributed by atoms with E-state index in [9.17, 15) is 4.79 Å². The van der Waals surface area contributed by atoms with E-state index in [4.69, 9.17) is 0 Å². The van der Waals surface area contributed by atoms with Crippen molar-refractivity contribution >= 4 is 11.6 Å². The lowest BCUT2D eigenvalue weighted by Gasteiger charge is -1.88. The van der Waals surface area contributed by atoms with Gasteiger partial charge in [-0.25, -0.2) is 4.79 Å². The number of rotatable bonds is 0. The SMILES string of the molecule is CC1=c2[nH]c(=O)[nH]c2=CC=CC1. The average molecular weight is 162 g/mol. The smallest absolute Gasteiger partial charge is 0.306 e. The van der Waals surface area contributed by atoms with E-state index in [0.717, 1.165) is 17.1 Å². The van der Waals surface area contributed by atoms with E-state index in [-0.39, 0.29) is 5.69 Å². The van der Waals surface area contributed by atoms with Gasteiger partial charge in [-0.2, -0.15) is 0 Å². The van der Waals surface area contributed by atoms with Crippen LogP contribution in [0.3, 0.4) is 0 Å². The topological polar surface area (TPSA) is 48.6 Å². The molecule has 0 unspecified atom stereocenters. The zero-order valence-electron chi connectivity index (χ0n) is 6.85. The zero-order chi connectivity index (χ0) is 8.55. The summed E-state index contributed by atoms with van der Waals surface area (Å²) < 4.78 is 0. The molecule has 0 aromatic carbocycles. The Morgan fingerprint density at radius 1 is 1.42 bits per heavy atom. The maximum atomic E-state index is 10.9. The number of H-pyrrole nitrogens is 2. The minimum Gasteiger partial charge on any atom is -0.306 e. The molecule has 1 aromatic rings. The molecule has 0 saturated carbocycles. The van der Waals surface area contributed by atoms with E-state index in [1.807, 2.05) is 19.1 Å². The first-order valence-corrected chi connectivity index (χ1v) is 3.92. The number of hydrogen-bond donors (Lipinski definition) is 2. The Balaban J connectivity index is 2.96. The third-order valence-electron chi connectivity index (χ3n) is 2.01. The van der Waals surface area contributed by atoms with Crippen LogP contribution in [0, 0.1) is 0 Å². The first-order chi connectivity index (χ1) is 5.77. The van der Waals surface area contributed by atoms with Gasteiger partial charge in [-0.3, -0.25) is 0 Å². The Morgan fingerprint density at radius 3 is 3.08 bits per heavy atom. The minimum atomic E-state index is -0.133. The first-order valence-electron chi connectivity index (χ1n) is 3.92. The Morgan fingerprint density at radius 2 is 2.25 bits per heavy atom. The number of hydrogen-bond acceptors (Lipinski definition) is 1. The van der Waals surface area contributed by atoms with Gasteiger partial charge in [-0.1, -0.05) is 12.2 Å². The number of nitrogens with one attached hydrogen (secondary N) is 2. The number of aromatic amines is 2. The van der Waals surface area contributed by atoms with E-state index in [1.54, 1.807) is 0 Å². The van der Waals surface area contributed by atoms with E-state index < -0.39 is 0 Å². The Labute approximate surface area is 69.1 Å². The summed E-state index contributed by atoms with van der Waals surface area (Å²) in [4.78, 5) is 16.4. The van der Waals surface area contributed by atoms with Crippen LogP contribution >= 0.6 is 0 Å². The summed E-state index contributed by atoms with van der Waals surface area (Å²) in [6.45, 7) is 2.02. The molecular formula is C9H10N2O. The summed E-state index contributed by atoms with van der Waals surface area (Å²) >= 11 is 0. The fraction of sp³-hybridized carbons (Fsp3) is 0.222. The van der Waals surface area contributed by atoms with Gasteiger partial charge in [0.05, 0.1) is 10.7 Å². The molecule has 0 saturated heterocycles. The largest absolute Gasteiger partial charge is 0.323 e. The molecule has 3 heteroatoms. The summed E-state index contributed by atoms with van der Waals surface area (Å²) in [5.74, 6) is 0. The molecule has 1 aromatic heterocycles. The molecule has 0 fully saturated rings. The van der Waals surface area contributed by atoms with E-state index in [1.165, 1.54) is 5.57 Å². The minimum absolute atomic E-state index is 0.133. The second-order valence-electron chi connectivity index (χ2n) is 2.95. The zero-order valence-corrected chi connectivity index (χ0v) is 6.85. The van der Waals surface area contributed by atoms with Gasteiger partial charge in [-0.15, -0.1) is 0 Å². The number of imidazole rings is 1. The van der Waals surface area contributed by atoms with Crippen molar-refractivity contribution in [3.63, 3.8) is 0 Å². The highest BCUT2D eigenvalue weighted by Gasteiger charge is 1.97. The molecule has 0 aliphatic heterocycles. The quantitative estimate of drug-likeness (QED) is 0.536. The molecule has 62 valence electrons. The number of allylic oxidation sites excluding steroid dienone is 2. The summed E-state index contributed by atoms with van der Waals surface area (Å²) in [6, 6.07) is 0. The molecule has 12 heavy (non-hydrogen) atoms. The van der Waals surface area contributed by atoms with Crippen molar-refractivity contribution in [2.45, 2.75) is 13.3 Å². The molecule has 0 radical (unpaired) electrons. The lowest BCUT2D eigenvalue weighted by molar-refractivity contribution is 1.16. The maximum Gasteiger partial charge on any atom is 0.323 e. The van der Waals surface area contributed by atoms with Crippen molar-refractivity contribution < 1.29 is 0 Å². The van der Waals surface area contributed by atoms with Crippen LogP contribution < -0.4 is 16.4 Å². The molecule has 1 aliphatic carbocycles. The monoisotopic (exact) mass is 162 g/mol. The first kappa shape index (κ1) is 7.16. The maximum absolute atomic E-state index is 10.9. The normalized spacial score (nSPS) is 15.2. The molecule has 1 aliphatic rings. The van der Waals surface area contributed by atoms with E-state index in [2.05, 4.69) is 16.0 Å². The molecule has 0 atom stereocenters. The van der Waals surface area contributed by atoms with Crippen molar-refractivity contribution in [2.24, 2.45) is 0 Å². The van der Waals surface area contributed by atoms with Crippen LogP contribution in [0.25, 0.3) is 11.6 Å². The number of fused-ring (bicyclic) bond motifs is 1. The van der Waals surface area contributed by atoms with Crippen molar-refractivity contribution in [1.82, 2.24) is 9.97 Å². The van der Waals surface area contributed by atoms with Crippen LogP contribution in [-0.2, 0) is 0 Å². The molecule has 2 rings (SSSR count). The Hall–Kier alpha value is -1.51. The molecule has 3 nitrogen and oxygen atoms in total. The van der Waals surface area contributed by atoms with Gasteiger partial charge in [0.1, 0.15) is 0 Å². The van der Waals surface area contributed by atoms with Crippen LogP contribution in [0.4, 0.5) is 0 Å². The van der Waals surface area contributed by atoms with Gasteiger partial charge in [0.15, 0.2) is 0 Å². The fourth-order valence-electron chi connectivity index (χ4n) is 1.37. The standard InChI is InChI=1S/C9H10N2O/c1-6-4-2-3-5-7-8(6)11-9(12)10-7/h2-3,5H,4H2,1H3,(H2,10,11,12). The van der Waals surface area contributed by atoms with Gasteiger partial charge in [0, 0.05) is 0 Å². The van der Waals surface area contributed by atoms with Gasteiger partial charge in [-0.05, 0) is 25.0 Å². The van der Waals surface area contributed by atoms with Crippen molar-refractivity contribution in [3.05, 3.63) is 33.3 Å². The second kappa shape index (κ2) is 2.52. The van der Waals surface area contributed by atoms with Gasteiger partial charge in [0.2, 0.25) is 0 Å². The summed E-state index contributed by atoms with van der Waals surface area (Å²) in [7, 11) is 0. The molecule has 0 spiro atoms. The molecule has 0 bridgehead atoms. The highest BCUT2D eigenvalue weighted by Crippen LogP contribution is 1.99. The Bertz CT molecular complexity index is 487. The fourth-order valence-corrected chi connectivity index (χ4v) is 1.37. The lowest BCUT2D eigenvalue weighted by atomic mass is 10.2. The van der Waals surface area contributed by atoms with E-state index in [0.29, 0.717) is 0 Å². The molecule has 1 heterocycles. The van der Waals surface area contributed by atoms with Gasteiger partial charge < -0.3 is 9.97 Å². The summed E-state index contributed by atoms with van der Waals surface area (Å²) in [5.41, 5.74) is 1.05. The third kappa shape index (κ3) is 1.03. The Kier molecular flexibility index (Phi) is 1.50. The highest BCUT2D eigenvalue weighted by molar-refractivity contribution is 5.48. The predicted octanol–water partition coefficient (Wildman–Crippen LogP) is -0.386. The lowest BCUT2D eigenvalue weighted by Crippen LogP contribution is -2.25. The molecule has 2 N–H and O–H groups in total. The second-order valence-corrected chi connectivity index (χ2v) is 2.95. The summed E-state index contributed by atoms with van der Waals surface area (Å²) in [5, 5.41) is 1.82. The van der Waals surface area contributed by atoms with Crippen LogP contribution in [0.1, 0.15) is 13.3 Å². The number of aromatic nitrogens is 2. The molecular weight excluding hydrogens is 152 g/mol. The van der Waals surface area contributed by atoms with E-state index >= 15 is 0 Å². The van der Waals surface area contributed by atoms with Crippen molar-refractivity contribution in [1.29, 1.82) is 0 Å². The summed E-state index contributed by atoms with van der Waals surface area (Å²) in [6.07, 6.45) is 6.83. The van der Waals surface area contributed by atoms with Crippen LogP contribution in [0.15, 0.2) is 16.9 Å². The third-order valence-corrected chi connectivity index (χ3v) is 2.01. The van der Waals surface area contributed by atoms with Crippen molar-refractivity contribution in [3.8, 4) is 0 Å². The van der Waals surface area contributed by atoms with Crippen LogP contribution in [0.5, 0.6) is 0 Å². The van der Waals surface area contributed by atoms with Crippen LogP contribution in [0.2, 0.25) is 0 Å². The molecule has 0 amide bonds. The van der Waals surface area contributed by atoms with Gasteiger partial charge in [0.25, 0.3) is 0 Å². The van der Waals surface area contributed by atoms with Crippen LogP contribution in [-0.4, -0.2) is 9.97 Å². The highest BCUT2D eigenvalue weighted by atomic mass is 16.1. The van der Waals surface area contributed by atoms with Gasteiger partial charge >= 0.3 is 5.69 Å².